The van der Waals surface area contributed by atoms with E-state index in [1.807, 2.05) is 76.2 Å². The van der Waals surface area contributed by atoms with E-state index in [4.69, 9.17) is 5.10 Å². The van der Waals surface area contributed by atoms with E-state index in [-0.39, 0.29) is 23.9 Å². The number of benzene rings is 2. The number of amides is 3. The van der Waals surface area contributed by atoms with E-state index in [2.05, 4.69) is 31.4 Å². The predicted octanol–water partition coefficient (Wildman–Crippen LogP) is 5.59. The predicted molar refractivity (Wildman–Crippen MR) is 138 cm³/mol. The molecule has 0 aliphatic heterocycles. The molecule has 0 radical (unpaired) electrons. The standard InChI is InChI=1S/C27H35N5O2/c1-8-31(26(34)28-22-11-9-10-19(3)20(22)4)17-25(33)29-24-16-23(27(5,6)7)30-32(24)21-14-12-18(2)13-15-21/h9-16H,8,17H2,1-7H3,(H,28,34)(H,29,33). The van der Waals surface area contributed by atoms with Crippen molar-refractivity contribution in [3.05, 3.63) is 70.9 Å². The second kappa shape index (κ2) is 10.1. The number of rotatable bonds is 6. The van der Waals surface area contributed by atoms with Gasteiger partial charge >= 0.3 is 6.03 Å². The van der Waals surface area contributed by atoms with Crippen molar-refractivity contribution in [3.8, 4) is 5.69 Å². The van der Waals surface area contributed by atoms with E-state index < -0.39 is 0 Å². The molecular weight excluding hydrogens is 426 g/mol. The fraction of sp³-hybridized carbons (Fsp3) is 0.370. The topological polar surface area (TPSA) is 79.3 Å². The largest absolute Gasteiger partial charge is 0.322 e. The molecule has 7 nitrogen and oxygen atoms in total. The minimum Gasteiger partial charge on any atom is -0.315 e. The lowest BCUT2D eigenvalue weighted by atomic mass is 9.92. The van der Waals surface area contributed by atoms with Gasteiger partial charge in [-0.2, -0.15) is 5.10 Å². The molecule has 3 rings (SSSR count). The number of likely N-dealkylation sites (N-methyl/N-ethyl adjacent to an activating group) is 1. The number of carbonyl (C=O) groups is 2. The molecule has 2 aromatic carbocycles. The van der Waals surface area contributed by atoms with Crippen LogP contribution in [0.5, 0.6) is 0 Å². The fourth-order valence-electron chi connectivity index (χ4n) is 3.48. The molecule has 0 fully saturated rings. The van der Waals surface area contributed by atoms with Gasteiger partial charge in [0.05, 0.1) is 11.4 Å². The van der Waals surface area contributed by atoms with Gasteiger partial charge in [-0.05, 0) is 57.0 Å². The van der Waals surface area contributed by atoms with Gasteiger partial charge in [0.25, 0.3) is 0 Å². The second-order valence-electron chi connectivity index (χ2n) is 9.65. The molecule has 0 saturated carbocycles. The summed E-state index contributed by atoms with van der Waals surface area (Å²) in [5, 5.41) is 10.6. The van der Waals surface area contributed by atoms with Crippen molar-refractivity contribution in [2.24, 2.45) is 0 Å². The molecular formula is C27H35N5O2. The van der Waals surface area contributed by atoms with Crippen LogP contribution in [0, 0.1) is 20.8 Å². The van der Waals surface area contributed by atoms with E-state index in [0.717, 1.165) is 33.8 Å². The highest BCUT2D eigenvalue weighted by Crippen LogP contribution is 2.26. The summed E-state index contributed by atoms with van der Waals surface area (Å²) in [4.78, 5) is 27.3. The number of carbonyl (C=O) groups excluding carboxylic acids is 2. The lowest BCUT2D eigenvalue weighted by Crippen LogP contribution is -2.40. The molecule has 0 aliphatic carbocycles. The summed E-state index contributed by atoms with van der Waals surface area (Å²) in [5.41, 5.74) is 5.53. The van der Waals surface area contributed by atoms with Crippen LogP contribution >= 0.6 is 0 Å². The van der Waals surface area contributed by atoms with Crippen molar-refractivity contribution in [2.75, 3.05) is 23.7 Å². The van der Waals surface area contributed by atoms with Gasteiger partial charge in [0.15, 0.2) is 0 Å². The lowest BCUT2D eigenvalue weighted by Gasteiger charge is -2.22. The maximum absolute atomic E-state index is 13.0. The van der Waals surface area contributed by atoms with Gasteiger partial charge in [-0.3, -0.25) is 4.79 Å². The van der Waals surface area contributed by atoms with E-state index in [1.165, 1.54) is 4.90 Å². The minimum atomic E-state index is -0.311. The number of urea groups is 1. The van der Waals surface area contributed by atoms with Crippen molar-refractivity contribution < 1.29 is 9.59 Å². The Morgan fingerprint density at radius 3 is 2.29 bits per heavy atom. The van der Waals surface area contributed by atoms with Gasteiger partial charge in [0.2, 0.25) is 5.91 Å². The summed E-state index contributed by atoms with van der Waals surface area (Å²) < 4.78 is 1.74. The van der Waals surface area contributed by atoms with Gasteiger partial charge in [-0.1, -0.05) is 50.6 Å². The Bertz CT molecular complexity index is 1170. The average Bonchev–Trinajstić information content (AvgIpc) is 3.20. The Labute approximate surface area is 202 Å². The Morgan fingerprint density at radius 1 is 1.00 bits per heavy atom. The summed E-state index contributed by atoms with van der Waals surface area (Å²) in [6.07, 6.45) is 0. The first-order valence-electron chi connectivity index (χ1n) is 11.6. The first-order chi connectivity index (χ1) is 16.0. The summed E-state index contributed by atoms with van der Waals surface area (Å²) in [7, 11) is 0. The summed E-state index contributed by atoms with van der Waals surface area (Å²) in [6, 6.07) is 15.3. The van der Waals surface area contributed by atoms with Crippen LogP contribution in [0.4, 0.5) is 16.3 Å². The first-order valence-corrected chi connectivity index (χ1v) is 11.6. The van der Waals surface area contributed by atoms with E-state index in [1.54, 1.807) is 4.68 Å². The zero-order valence-corrected chi connectivity index (χ0v) is 21.2. The molecule has 0 atom stereocenters. The zero-order chi connectivity index (χ0) is 25.0. The fourth-order valence-corrected chi connectivity index (χ4v) is 3.48. The van der Waals surface area contributed by atoms with Crippen molar-refractivity contribution in [1.82, 2.24) is 14.7 Å². The van der Waals surface area contributed by atoms with Gasteiger partial charge in [0.1, 0.15) is 12.4 Å². The molecule has 1 aromatic heterocycles. The Hall–Kier alpha value is -3.61. The number of aromatic nitrogens is 2. The normalized spacial score (nSPS) is 11.3. The molecule has 1 heterocycles. The highest BCUT2D eigenvalue weighted by Gasteiger charge is 2.23. The van der Waals surface area contributed by atoms with E-state index in [9.17, 15) is 9.59 Å². The molecule has 0 bridgehead atoms. The van der Waals surface area contributed by atoms with Crippen LogP contribution in [0.15, 0.2) is 48.5 Å². The number of nitrogens with zero attached hydrogens (tertiary/aromatic N) is 3. The quantitative estimate of drug-likeness (QED) is 0.502. The molecule has 0 unspecified atom stereocenters. The average molecular weight is 462 g/mol. The summed E-state index contributed by atoms with van der Waals surface area (Å²) in [5.74, 6) is 0.288. The SMILES string of the molecule is CCN(CC(=O)Nc1cc(C(C)(C)C)nn1-c1ccc(C)cc1)C(=O)Nc1cccc(C)c1C. The maximum Gasteiger partial charge on any atom is 0.322 e. The highest BCUT2D eigenvalue weighted by atomic mass is 16.2. The first kappa shape index (κ1) is 25.0. The Morgan fingerprint density at radius 2 is 1.68 bits per heavy atom. The number of nitrogens with one attached hydrogen (secondary N) is 2. The summed E-state index contributed by atoms with van der Waals surface area (Å²) in [6.45, 7) is 14.4. The Kier molecular flexibility index (Phi) is 7.44. The minimum absolute atomic E-state index is 0.0723. The van der Waals surface area contributed by atoms with Gasteiger partial charge in [0, 0.05) is 23.7 Å². The third-order valence-electron chi connectivity index (χ3n) is 5.87. The number of hydrogen-bond donors (Lipinski definition) is 2. The molecule has 34 heavy (non-hydrogen) atoms. The van der Waals surface area contributed by atoms with Crippen LogP contribution in [0.1, 0.15) is 50.1 Å². The van der Waals surface area contributed by atoms with Crippen molar-refractivity contribution in [1.29, 1.82) is 0 Å². The van der Waals surface area contributed by atoms with Crippen LogP contribution in [0.3, 0.4) is 0 Å². The Balaban J connectivity index is 1.78. The monoisotopic (exact) mass is 461 g/mol. The molecule has 0 aliphatic rings. The number of aryl methyl sites for hydroxylation is 2. The van der Waals surface area contributed by atoms with E-state index in [0.29, 0.717) is 12.4 Å². The third-order valence-corrected chi connectivity index (χ3v) is 5.87. The molecule has 180 valence electrons. The molecule has 0 spiro atoms. The molecule has 2 N–H and O–H groups in total. The number of hydrogen-bond acceptors (Lipinski definition) is 3. The van der Waals surface area contributed by atoms with Gasteiger partial charge in [-0.15, -0.1) is 0 Å². The van der Waals surface area contributed by atoms with Crippen molar-refractivity contribution in [2.45, 2.75) is 53.9 Å². The van der Waals surface area contributed by atoms with Crippen LogP contribution in [-0.4, -0.2) is 39.7 Å². The second-order valence-corrected chi connectivity index (χ2v) is 9.65. The van der Waals surface area contributed by atoms with Crippen LogP contribution in [-0.2, 0) is 10.2 Å². The molecule has 3 amide bonds. The van der Waals surface area contributed by atoms with Crippen molar-refractivity contribution in [3.63, 3.8) is 0 Å². The summed E-state index contributed by atoms with van der Waals surface area (Å²) >= 11 is 0. The highest BCUT2D eigenvalue weighted by molar-refractivity contribution is 5.97. The van der Waals surface area contributed by atoms with E-state index >= 15 is 0 Å². The smallest absolute Gasteiger partial charge is 0.315 e. The van der Waals surface area contributed by atoms with Gasteiger partial charge < -0.3 is 15.5 Å². The third kappa shape index (κ3) is 5.84. The maximum atomic E-state index is 13.0. The van der Waals surface area contributed by atoms with Crippen molar-refractivity contribution >= 4 is 23.4 Å². The number of anilines is 2. The van der Waals surface area contributed by atoms with Crippen LogP contribution in [0.25, 0.3) is 5.69 Å². The molecule has 7 heteroatoms. The van der Waals surface area contributed by atoms with Crippen LogP contribution < -0.4 is 10.6 Å². The van der Waals surface area contributed by atoms with Gasteiger partial charge in [-0.25, -0.2) is 9.48 Å². The lowest BCUT2D eigenvalue weighted by molar-refractivity contribution is -0.116. The zero-order valence-electron chi connectivity index (χ0n) is 21.2. The van der Waals surface area contributed by atoms with Crippen LogP contribution in [0.2, 0.25) is 0 Å². The molecule has 3 aromatic rings. The molecule has 0 saturated heterocycles.